The lowest BCUT2D eigenvalue weighted by atomic mass is 9.91. The molecule has 0 spiro atoms. The van der Waals surface area contributed by atoms with Crippen molar-refractivity contribution in [2.24, 2.45) is 11.8 Å². The first kappa shape index (κ1) is 15.4. The van der Waals surface area contributed by atoms with Crippen LogP contribution < -0.4 is 0 Å². The van der Waals surface area contributed by atoms with Crippen LogP contribution in [0.25, 0.3) is 0 Å². The Kier molecular flexibility index (Phi) is 6.93. The maximum atomic E-state index is 11.3. The second-order valence-corrected chi connectivity index (χ2v) is 3.85. The predicted molar refractivity (Wildman–Crippen MR) is 58.4 cm³/mol. The minimum absolute atomic E-state index is 0.239. The molecule has 0 aliphatic rings. The fourth-order valence-electron chi connectivity index (χ4n) is 1.22. The molecule has 0 aromatic rings. The van der Waals surface area contributed by atoms with E-state index in [1.807, 2.05) is 6.92 Å². The van der Waals surface area contributed by atoms with E-state index in [0.29, 0.717) is 6.42 Å². The molecule has 17 heavy (non-hydrogen) atoms. The zero-order valence-corrected chi connectivity index (χ0v) is 10.0. The second kappa shape index (κ2) is 7.65. The van der Waals surface area contributed by atoms with E-state index >= 15 is 0 Å². The summed E-state index contributed by atoms with van der Waals surface area (Å²) in [4.78, 5) is 32.8. The van der Waals surface area contributed by atoms with Crippen LogP contribution in [0.4, 0.5) is 0 Å². The fraction of sp³-hybridized carbons (Fsp3) is 0.727. The molecule has 0 rings (SSSR count). The van der Waals surface area contributed by atoms with Gasteiger partial charge in [-0.15, -0.1) is 0 Å². The van der Waals surface area contributed by atoms with Gasteiger partial charge in [0.2, 0.25) is 0 Å². The van der Waals surface area contributed by atoms with Gasteiger partial charge in [0.05, 0.1) is 24.9 Å². The lowest BCUT2D eigenvalue weighted by Crippen LogP contribution is -2.30. The van der Waals surface area contributed by atoms with Gasteiger partial charge < -0.3 is 14.9 Å². The summed E-state index contributed by atoms with van der Waals surface area (Å²) in [6, 6.07) is 0. The van der Waals surface area contributed by atoms with Crippen LogP contribution in [-0.4, -0.2) is 34.7 Å². The summed E-state index contributed by atoms with van der Waals surface area (Å²) in [6.45, 7) is 3.43. The number of carbonyl (C=O) groups is 3. The molecule has 0 aliphatic heterocycles. The van der Waals surface area contributed by atoms with Crippen molar-refractivity contribution in [1.82, 2.24) is 0 Å². The van der Waals surface area contributed by atoms with Gasteiger partial charge in [0.15, 0.2) is 0 Å². The smallest absolute Gasteiger partial charge is 0.307 e. The van der Waals surface area contributed by atoms with Gasteiger partial charge in [0, 0.05) is 0 Å². The molecule has 2 unspecified atom stereocenters. The molecular formula is C11H18O6. The van der Waals surface area contributed by atoms with Crippen LogP contribution in [0, 0.1) is 11.8 Å². The number of aliphatic carboxylic acids is 2. The van der Waals surface area contributed by atoms with Crippen molar-refractivity contribution in [3.05, 3.63) is 0 Å². The number of hydrogen-bond donors (Lipinski definition) is 2. The first-order valence-electron chi connectivity index (χ1n) is 5.51. The van der Waals surface area contributed by atoms with Gasteiger partial charge >= 0.3 is 17.9 Å². The van der Waals surface area contributed by atoms with Gasteiger partial charge in [-0.25, -0.2) is 0 Å². The van der Waals surface area contributed by atoms with E-state index in [-0.39, 0.29) is 6.61 Å². The lowest BCUT2D eigenvalue weighted by molar-refractivity contribution is -0.158. The van der Waals surface area contributed by atoms with E-state index in [9.17, 15) is 14.4 Å². The number of rotatable bonds is 8. The Balaban J connectivity index is 4.30. The molecule has 0 heterocycles. The maximum absolute atomic E-state index is 11.3. The number of esters is 1. The van der Waals surface area contributed by atoms with Crippen molar-refractivity contribution in [3.8, 4) is 0 Å². The van der Waals surface area contributed by atoms with Crippen molar-refractivity contribution in [3.63, 3.8) is 0 Å². The highest BCUT2D eigenvalue weighted by Gasteiger charge is 2.32. The third-order valence-corrected chi connectivity index (χ3v) is 2.46. The molecule has 98 valence electrons. The maximum Gasteiger partial charge on any atom is 0.307 e. The van der Waals surface area contributed by atoms with E-state index in [0.717, 1.165) is 6.42 Å². The Labute approximate surface area is 99.6 Å². The minimum Gasteiger partial charge on any atom is -0.481 e. The SMILES string of the molecule is CCCCOC(=O)CC(C(=O)O)C(C)C(=O)O. The van der Waals surface area contributed by atoms with Crippen molar-refractivity contribution < 1.29 is 29.3 Å². The van der Waals surface area contributed by atoms with Crippen molar-refractivity contribution in [2.45, 2.75) is 33.1 Å². The third kappa shape index (κ3) is 5.89. The van der Waals surface area contributed by atoms with Crippen LogP contribution in [0.15, 0.2) is 0 Å². The predicted octanol–water partition coefficient (Wildman–Crippen LogP) is 1.14. The van der Waals surface area contributed by atoms with Crippen molar-refractivity contribution in [1.29, 1.82) is 0 Å². The Morgan fingerprint density at radius 1 is 1.18 bits per heavy atom. The molecular weight excluding hydrogens is 228 g/mol. The van der Waals surface area contributed by atoms with Crippen LogP contribution in [0.5, 0.6) is 0 Å². The van der Waals surface area contributed by atoms with Crippen LogP contribution in [0.3, 0.4) is 0 Å². The van der Waals surface area contributed by atoms with Gasteiger partial charge in [-0.05, 0) is 6.42 Å². The summed E-state index contributed by atoms with van der Waals surface area (Å²) in [6.07, 6.45) is 1.16. The summed E-state index contributed by atoms with van der Waals surface area (Å²) < 4.78 is 4.80. The molecule has 0 fully saturated rings. The zero-order chi connectivity index (χ0) is 13.4. The quantitative estimate of drug-likeness (QED) is 0.492. The van der Waals surface area contributed by atoms with Gasteiger partial charge in [-0.2, -0.15) is 0 Å². The molecule has 0 aliphatic carbocycles. The van der Waals surface area contributed by atoms with Crippen LogP contribution in [-0.2, 0) is 19.1 Å². The average Bonchev–Trinajstić information content (AvgIpc) is 2.24. The summed E-state index contributed by atoms with van der Waals surface area (Å²) in [5.41, 5.74) is 0. The molecule has 0 saturated carbocycles. The van der Waals surface area contributed by atoms with E-state index in [1.54, 1.807) is 0 Å². The molecule has 0 aromatic carbocycles. The first-order valence-corrected chi connectivity index (χ1v) is 5.51. The van der Waals surface area contributed by atoms with Crippen molar-refractivity contribution in [2.75, 3.05) is 6.61 Å². The summed E-state index contributed by atoms with van der Waals surface area (Å²) in [5, 5.41) is 17.6. The number of ether oxygens (including phenoxy) is 1. The second-order valence-electron chi connectivity index (χ2n) is 3.85. The van der Waals surface area contributed by atoms with Crippen LogP contribution >= 0.6 is 0 Å². The molecule has 0 saturated heterocycles. The normalized spacial score (nSPS) is 13.8. The topological polar surface area (TPSA) is 101 Å². The third-order valence-electron chi connectivity index (χ3n) is 2.46. The Bertz CT molecular complexity index is 286. The highest BCUT2D eigenvalue weighted by Crippen LogP contribution is 2.17. The number of unbranched alkanes of at least 4 members (excludes halogenated alkanes) is 1. The number of carboxylic acid groups (broad SMARTS) is 2. The van der Waals surface area contributed by atoms with E-state index < -0.39 is 36.2 Å². The highest BCUT2D eigenvalue weighted by molar-refractivity contribution is 5.84. The monoisotopic (exact) mass is 246 g/mol. The molecule has 0 bridgehead atoms. The fourth-order valence-corrected chi connectivity index (χ4v) is 1.22. The largest absolute Gasteiger partial charge is 0.481 e. The van der Waals surface area contributed by atoms with E-state index in [4.69, 9.17) is 14.9 Å². The minimum atomic E-state index is -1.30. The lowest BCUT2D eigenvalue weighted by Gasteiger charge is -2.15. The van der Waals surface area contributed by atoms with Crippen LogP contribution in [0.2, 0.25) is 0 Å². The summed E-state index contributed by atoms with van der Waals surface area (Å²) >= 11 is 0. The number of hydrogen-bond acceptors (Lipinski definition) is 4. The molecule has 2 atom stereocenters. The van der Waals surface area contributed by atoms with Crippen LogP contribution in [0.1, 0.15) is 33.1 Å². The average molecular weight is 246 g/mol. The van der Waals surface area contributed by atoms with Crippen molar-refractivity contribution >= 4 is 17.9 Å². The Morgan fingerprint density at radius 2 is 1.76 bits per heavy atom. The summed E-state index contributed by atoms with van der Waals surface area (Å²) in [7, 11) is 0. The first-order chi connectivity index (χ1) is 7.90. The number of carboxylic acids is 2. The standard InChI is InChI=1S/C11H18O6/c1-3-4-5-17-9(12)6-8(11(15)16)7(2)10(13)14/h7-8H,3-6H2,1-2H3,(H,13,14)(H,15,16). The molecule has 6 nitrogen and oxygen atoms in total. The Morgan fingerprint density at radius 3 is 2.18 bits per heavy atom. The number of carbonyl (C=O) groups excluding carboxylic acids is 1. The molecule has 6 heteroatoms. The van der Waals surface area contributed by atoms with Gasteiger partial charge in [0.25, 0.3) is 0 Å². The Hall–Kier alpha value is -1.59. The summed E-state index contributed by atoms with van der Waals surface area (Å²) in [5.74, 6) is -5.57. The van der Waals surface area contributed by atoms with Gasteiger partial charge in [-0.3, -0.25) is 14.4 Å². The van der Waals surface area contributed by atoms with Gasteiger partial charge in [-0.1, -0.05) is 20.3 Å². The van der Waals surface area contributed by atoms with E-state index in [1.165, 1.54) is 6.92 Å². The van der Waals surface area contributed by atoms with Gasteiger partial charge in [0.1, 0.15) is 0 Å². The molecule has 0 aromatic heterocycles. The highest BCUT2D eigenvalue weighted by atomic mass is 16.5. The molecule has 2 N–H and O–H groups in total. The zero-order valence-electron chi connectivity index (χ0n) is 10.0. The molecule has 0 radical (unpaired) electrons. The van der Waals surface area contributed by atoms with E-state index in [2.05, 4.69) is 0 Å². The molecule has 0 amide bonds.